The first kappa shape index (κ1) is 62.4. The molecular formula is C98H72B2N4OS. The van der Waals surface area contributed by atoms with Gasteiger partial charge >= 0.3 is 0 Å². The molecule has 0 unspecified atom stereocenters. The van der Waals surface area contributed by atoms with Gasteiger partial charge in [0, 0.05) is 93.4 Å². The lowest BCUT2D eigenvalue weighted by Gasteiger charge is -2.47. The van der Waals surface area contributed by atoms with Gasteiger partial charge in [-0.15, -0.1) is 0 Å². The predicted octanol–water partition coefficient (Wildman–Crippen LogP) is 22.8. The van der Waals surface area contributed by atoms with Crippen LogP contribution in [0.3, 0.4) is 0 Å². The second kappa shape index (κ2) is 23.7. The van der Waals surface area contributed by atoms with Crippen LogP contribution in [0.2, 0.25) is 0 Å². The summed E-state index contributed by atoms with van der Waals surface area (Å²) in [5.41, 5.74) is 34.1. The molecule has 8 heteroatoms. The van der Waals surface area contributed by atoms with Crippen molar-refractivity contribution in [1.29, 1.82) is 0 Å². The molecule has 4 aliphatic rings. The van der Waals surface area contributed by atoms with E-state index in [1.807, 2.05) is 11.8 Å². The lowest BCUT2D eigenvalue weighted by Crippen LogP contribution is -2.65. The summed E-state index contributed by atoms with van der Waals surface area (Å²) in [5, 5.41) is 4.66. The molecule has 106 heavy (non-hydrogen) atoms. The number of nitrogens with zero attached hydrogens (tertiary/aromatic N) is 4. The topological polar surface area (TPSA) is 27.8 Å². The van der Waals surface area contributed by atoms with Gasteiger partial charge in [0.2, 0.25) is 6.71 Å². The zero-order valence-electron chi connectivity index (χ0n) is 59.9. The van der Waals surface area contributed by atoms with E-state index in [2.05, 4.69) is 388 Å². The second-order valence-electron chi connectivity index (χ2n) is 31.0. The molecule has 0 saturated heterocycles. The monoisotopic (exact) mass is 1370 g/mol. The minimum atomic E-state index is -0.302. The fraction of sp³-hybridized carbons (Fsp3) is 0.0816. The normalized spacial score (nSPS) is 13.4. The van der Waals surface area contributed by atoms with Crippen LogP contribution in [0.1, 0.15) is 52.7 Å². The zero-order valence-corrected chi connectivity index (χ0v) is 60.8. The number of para-hydroxylation sites is 7. The quantitative estimate of drug-likeness (QED) is 0.141. The number of fused-ring (bicyclic) bond motifs is 14. The van der Waals surface area contributed by atoms with Crippen LogP contribution < -0.4 is 47.5 Å². The highest BCUT2D eigenvalue weighted by atomic mass is 32.2. The summed E-state index contributed by atoms with van der Waals surface area (Å²) in [7, 11) is 0. The van der Waals surface area contributed by atoms with Gasteiger partial charge in [0.05, 0.1) is 28.1 Å². The average molecular weight is 1380 g/mol. The Bertz CT molecular complexity index is 6320. The van der Waals surface area contributed by atoms with Crippen LogP contribution >= 0.6 is 11.8 Å². The molecule has 0 fully saturated rings. The number of hydrogen-bond acceptors (Lipinski definition) is 5. The highest BCUT2D eigenvalue weighted by Gasteiger charge is 2.49. The van der Waals surface area contributed by atoms with Crippen LogP contribution in [-0.2, 0) is 10.8 Å². The average Bonchev–Trinajstić information content (AvgIpc) is 0.765. The number of hydrogen-bond donors (Lipinski definition) is 0. The van der Waals surface area contributed by atoms with Crippen molar-refractivity contribution in [2.75, 3.05) is 14.7 Å². The van der Waals surface area contributed by atoms with Crippen molar-refractivity contribution in [3.63, 3.8) is 0 Å². The lowest BCUT2D eigenvalue weighted by atomic mass is 9.30. The molecule has 4 aliphatic heterocycles. The van der Waals surface area contributed by atoms with Gasteiger partial charge in [0.15, 0.2) is 5.58 Å². The molecule has 0 amide bonds. The summed E-state index contributed by atoms with van der Waals surface area (Å²) in [6, 6.07) is 124. The molecule has 0 radical (unpaired) electrons. The van der Waals surface area contributed by atoms with E-state index >= 15 is 0 Å². The number of benzene rings is 15. The molecule has 21 rings (SSSR count). The Morgan fingerprint density at radius 2 is 0.726 bits per heavy atom. The SMILES string of the molecule is CC(C)(C)c1cc2c3c(c1)N(c1c(-c4ccccc4)cccc1-c1ccccc1)c1cc4c(cc1B3c1ccc(-n3c5ccccc5c5ccccc53)cc1S2)B1c2ccccc2N(c2c(-c3ccccc3)cccc2-c2ccccc2)c2cc(C(C)(C)C)cc(c21)N4c1cccc2c1oc1ccccc12. The third-order valence-corrected chi connectivity index (χ3v) is 24.0. The van der Waals surface area contributed by atoms with Crippen molar-refractivity contribution in [3.05, 3.63) is 339 Å². The summed E-state index contributed by atoms with van der Waals surface area (Å²) in [6.45, 7) is 13.8. The standard InChI is InChI=1S/C98H72B2N4OS/c1-97(2,3)65-54-86-92-87(55-65)103(94-68(61-30-11-7-12-31-61)41-27-42-69(94)62-32-13-8-14-33-62)82-49-25-22-46-76(82)99(92)78-59-79-85(60-84(78)102(86)83-50-29-45-75-74-40-21-26-51-89(74)105-96(75)83)104(95-70(63-34-15-9-16-35-63)43-28-44-71(95)64-36-17-10-18-37-64)88-56-66(98(4,5)6)57-91-93(88)100(79)77-53-52-67(58-90(77)106-91)101-80-47-23-19-38-72(80)73-39-20-24-48-81(73)101/h7-60H,1-6H3. The Hall–Kier alpha value is -12.2. The maximum Gasteiger partial charge on any atom is 0.252 e. The van der Waals surface area contributed by atoms with Gasteiger partial charge in [0.1, 0.15) is 5.58 Å². The van der Waals surface area contributed by atoms with Gasteiger partial charge in [-0.3, -0.25) is 0 Å². The van der Waals surface area contributed by atoms with Crippen LogP contribution in [0.15, 0.2) is 342 Å². The molecule has 502 valence electrons. The maximum absolute atomic E-state index is 7.37. The molecule has 0 aliphatic carbocycles. The Morgan fingerprint density at radius 3 is 1.29 bits per heavy atom. The molecule has 2 aromatic heterocycles. The molecule has 6 heterocycles. The fourth-order valence-electron chi connectivity index (χ4n) is 18.0. The lowest BCUT2D eigenvalue weighted by molar-refractivity contribution is 0.589. The Morgan fingerprint density at radius 1 is 0.292 bits per heavy atom. The molecule has 0 N–H and O–H groups in total. The highest BCUT2D eigenvalue weighted by molar-refractivity contribution is 8.00. The van der Waals surface area contributed by atoms with E-state index in [-0.39, 0.29) is 24.3 Å². The largest absolute Gasteiger partial charge is 0.454 e. The third-order valence-electron chi connectivity index (χ3n) is 22.9. The Kier molecular flexibility index (Phi) is 13.9. The third kappa shape index (κ3) is 9.46. The second-order valence-corrected chi connectivity index (χ2v) is 32.1. The minimum Gasteiger partial charge on any atom is -0.454 e. The Balaban J connectivity index is 0.920. The summed E-state index contributed by atoms with van der Waals surface area (Å²) in [4.78, 5) is 10.5. The number of aromatic nitrogens is 1. The van der Waals surface area contributed by atoms with Crippen LogP contribution in [0.25, 0.3) is 93.9 Å². The highest BCUT2D eigenvalue weighted by Crippen LogP contribution is 2.56. The van der Waals surface area contributed by atoms with E-state index in [0.717, 1.165) is 118 Å². The number of rotatable bonds is 8. The van der Waals surface area contributed by atoms with E-state index in [9.17, 15) is 0 Å². The predicted molar refractivity (Wildman–Crippen MR) is 451 cm³/mol. The van der Waals surface area contributed by atoms with Gasteiger partial charge in [-0.1, -0.05) is 314 Å². The zero-order chi connectivity index (χ0) is 70.8. The van der Waals surface area contributed by atoms with Gasteiger partial charge in [-0.2, -0.15) is 0 Å². The first-order valence-corrected chi connectivity index (χ1v) is 37.9. The van der Waals surface area contributed by atoms with E-state index in [1.165, 1.54) is 81.2 Å². The van der Waals surface area contributed by atoms with Crippen LogP contribution in [-0.4, -0.2) is 18.0 Å². The number of furan rings is 1. The van der Waals surface area contributed by atoms with Gasteiger partial charge in [-0.25, -0.2) is 0 Å². The summed E-state index contributed by atoms with van der Waals surface area (Å²) < 4.78 is 9.86. The molecule has 0 bridgehead atoms. The van der Waals surface area contributed by atoms with Crippen LogP contribution in [0, 0.1) is 0 Å². The molecule has 17 aromatic rings. The molecule has 15 aromatic carbocycles. The van der Waals surface area contributed by atoms with Crippen LogP contribution in [0.5, 0.6) is 0 Å². The molecular weight excluding hydrogens is 1300 g/mol. The molecule has 0 atom stereocenters. The van der Waals surface area contributed by atoms with Crippen LogP contribution in [0.4, 0.5) is 51.2 Å². The van der Waals surface area contributed by atoms with Crippen molar-refractivity contribution in [2.24, 2.45) is 0 Å². The van der Waals surface area contributed by atoms with Crippen molar-refractivity contribution < 1.29 is 4.42 Å². The summed E-state index contributed by atoms with van der Waals surface area (Å²) in [5.74, 6) is 0. The summed E-state index contributed by atoms with van der Waals surface area (Å²) in [6.07, 6.45) is 0. The van der Waals surface area contributed by atoms with Crippen molar-refractivity contribution >= 4 is 153 Å². The first-order valence-electron chi connectivity index (χ1n) is 37.1. The number of anilines is 9. The van der Waals surface area contributed by atoms with Crippen molar-refractivity contribution in [2.45, 2.75) is 62.2 Å². The molecule has 0 spiro atoms. The molecule has 0 saturated carbocycles. The van der Waals surface area contributed by atoms with E-state index in [4.69, 9.17) is 4.42 Å². The summed E-state index contributed by atoms with van der Waals surface area (Å²) >= 11 is 1.94. The van der Waals surface area contributed by atoms with E-state index in [0.29, 0.717) is 0 Å². The van der Waals surface area contributed by atoms with E-state index in [1.54, 1.807) is 0 Å². The van der Waals surface area contributed by atoms with Gasteiger partial charge in [-0.05, 0) is 144 Å². The first-order chi connectivity index (χ1) is 51.9. The van der Waals surface area contributed by atoms with Gasteiger partial charge < -0.3 is 23.7 Å². The Labute approximate surface area is 623 Å². The van der Waals surface area contributed by atoms with Crippen molar-refractivity contribution in [1.82, 2.24) is 4.57 Å². The molecule has 5 nitrogen and oxygen atoms in total. The maximum atomic E-state index is 7.37. The van der Waals surface area contributed by atoms with Crippen molar-refractivity contribution in [3.8, 4) is 50.2 Å². The smallest absolute Gasteiger partial charge is 0.252 e. The van der Waals surface area contributed by atoms with Gasteiger partial charge in [0.25, 0.3) is 6.71 Å². The van der Waals surface area contributed by atoms with E-state index < -0.39 is 0 Å². The minimum absolute atomic E-state index is 0.194. The fourth-order valence-corrected chi connectivity index (χ4v) is 19.2.